The highest BCUT2D eigenvalue weighted by Crippen LogP contribution is 2.37. The molecule has 0 aromatic heterocycles. The number of anilines is 2. The maximum atomic E-state index is 7.03. The van der Waals surface area contributed by atoms with Crippen LogP contribution in [0.25, 0.3) is 0 Å². The maximum Gasteiger partial charge on any atom is 0.261 e. The SMILES string of the molecule is C[C@@H](CNc1cc(Br)ccc1N)CO[Si](c1ccccc1)(c1ccccc1)C(C)(C)C. The van der Waals surface area contributed by atoms with Gasteiger partial charge >= 0.3 is 0 Å². The van der Waals surface area contributed by atoms with Crippen molar-refractivity contribution in [2.24, 2.45) is 5.92 Å². The minimum Gasteiger partial charge on any atom is -0.407 e. The Labute approximate surface area is 196 Å². The number of halogens is 1. The highest BCUT2D eigenvalue weighted by Gasteiger charge is 2.50. The van der Waals surface area contributed by atoms with E-state index < -0.39 is 8.32 Å². The molecule has 0 saturated carbocycles. The number of hydrogen-bond acceptors (Lipinski definition) is 3. The summed E-state index contributed by atoms with van der Waals surface area (Å²) in [6, 6.07) is 27.4. The van der Waals surface area contributed by atoms with Gasteiger partial charge < -0.3 is 15.5 Å². The second kappa shape index (κ2) is 10.0. The van der Waals surface area contributed by atoms with Crippen LogP contribution < -0.4 is 21.4 Å². The molecule has 0 aliphatic heterocycles. The van der Waals surface area contributed by atoms with E-state index in [-0.39, 0.29) is 5.04 Å². The van der Waals surface area contributed by atoms with Crippen molar-refractivity contribution in [2.45, 2.75) is 32.7 Å². The molecule has 0 amide bonds. The molecule has 0 radical (unpaired) electrons. The molecule has 3 nitrogen and oxygen atoms in total. The Morgan fingerprint density at radius 2 is 1.48 bits per heavy atom. The van der Waals surface area contributed by atoms with E-state index in [1.807, 2.05) is 18.2 Å². The van der Waals surface area contributed by atoms with Crippen LogP contribution >= 0.6 is 15.9 Å². The summed E-state index contributed by atoms with van der Waals surface area (Å²) in [6.07, 6.45) is 0. The smallest absolute Gasteiger partial charge is 0.261 e. The van der Waals surface area contributed by atoms with E-state index in [1.54, 1.807) is 0 Å². The quantitative estimate of drug-likeness (QED) is 0.312. The predicted octanol–water partition coefficient (Wildman–Crippen LogP) is 5.66. The van der Waals surface area contributed by atoms with Crippen LogP contribution in [0.1, 0.15) is 27.7 Å². The van der Waals surface area contributed by atoms with Crippen LogP contribution in [0.5, 0.6) is 0 Å². The van der Waals surface area contributed by atoms with Gasteiger partial charge in [-0.2, -0.15) is 0 Å². The fourth-order valence-electron chi connectivity index (χ4n) is 4.05. The summed E-state index contributed by atoms with van der Waals surface area (Å²) in [5, 5.41) is 6.09. The van der Waals surface area contributed by atoms with Crippen LogP contribution in [0.15, 0.2) is 83.3 Å². The Morgan fingerprint density at radius 1 is 0.935 bits per heavy atom. The normalized spacial score (nSPS) is 13.1. The molecule has 3 N–H and O–H groups in total. The molecule has 3 aromatic rings. The Bertz CT molecular complexity index is 934. The molecule has 3 rings (SSSR count). The van der Waals surface area contributed by atoms with Crippen LogP contribution in [0.2, 0.25) is 5.04 Å². The van der Waals surface area contributed by atoms with Crippen LogP contribution in [0, 0.1) is 5.92 Å². The van der Waals surface area contributed by atoms with E-state index in [2.05, 4.69) is 110 Å². The Balaban J connectivity index is 1.84. The number of nitrogen functional groups attached to an aromatic ring is 1. The van der Waals surface area contributed by atoms with Crippen LogP contribution in [-0.4, -0.2) is 21.5 Å². The van der Waals surface area contributed by atoms with Gasteiger partial charge in [0, 0.05) is 17.6 Å². The number of benzene rings is 3. The minimum atomic E-state index is -2.50. The van der Waals surface area contributed by atoms with E-state index in [4.69, 9.17) is 10.2 Å². The Morgan fingerprint density at radius 3 is 2.00 bits per heavy atom. The fourth-order valence-corrected chi connectivity index (χ4v) is 9.10. The first-order valence-corrected chi connectivity index (χ1v) is 13.5. The number of rotatable bonds is 8. The molecule has 0 bridgehead atoms. The maximum absolute atomic E-state index is 7.03. The van der Waals surface area contributed by atoms with Gasteiger partial charge in [-0.3, -0.25) is 0 Å². The van der Waals surface area contributed by atoms with E-state index in [1.165, 1.54) is 10.4 Å². The Kier molecular flexibility index (Phi) is 7.62. The topological polar surface area (TPSA) is 47.3 Å². The molecular weight excluding hydrogens is 464 g/mol. The second-order valence-corrected chi connectivity index (χ2v) is 14.4. The number of hydrogen-bond donors (Lipinski definition) is 2. The zero-order chi connectivity index (χ0) is 22.5. The predicted molar refractivity (Wildman–Crippen MR) is 140 cm³/mol. The molecule has 0 spiro atoms. The molecule has 0 aliphatic carbocycles. The lowest BCUT2D eigenvalue weighted by atomic mass is 10.2. The average Bonchev–Trinajstić information content (AvgIpc) is 2.75. The summed E-state index contributed by atoms with van der Waals surface area (Å²) < 4.78 is 8.04. The highest BCUT2D eigenvalue weighted by atomic mass is 79.9. The zero-order valence-corrected chi connectivity index (χ0v) is 21.4. The van der Waals surface area contributed by atoms with Crippen molar-refractivity contribution in [1.82, 2.24) is 0 Å². The van der Waals surface area contributed by atoms with Gasteiger partial charge in [0.25, 0.3) is 8.32 Å². The molecule has 0 saturated heterocycles. The summed E-state index contributed by atoms with van der Waals surface area (Å²) in [4.78, 5) is 0. The lowest BCUT2D eigenvalue weighted by molar-refractivity contribution is 0.251. The van der Waals surface area contributed by atoms with Gasteiger partial charge in [-0.15, -0.1) is 0 Å². The van der Waals surface area contributed by atoms with Crippen molar-refractivity contribution in [2.75, 3.05) is 24.2 Å². The monoisotopic (exact) mass is 496 g/mol. The van der Waals surface area contributed by atoms with Crippen molar-refractivity contribution in [3.05, 3.63) is 83.3 Å². The van der Waals surface area contributed by atoms with Gasteiger partial charge in [0.05, 0.1) is 11.4 Å². The van der Waals surface area contributed by atoms with Gasteiger partial charge in [-0.1, -0.05) is 104 Å². The third-order valence-electron chi connectivity index (χ3n) is 5.66. The second-order valence-electron chi connectivity index (χ2n) is 9.19. The third kappa shape index (κ3) is 5.40. The first-order chi connectivity index (χ1) is 14.7. The van der Waals surface area contributed by atoms with Crippen molar-refractivity contribution >= 4 is 46.0 Å². The standard InChI is InChI=1S/C26H33BrN2OSi/c1-20(18-29-25-17-21(27)15-16-24(25)28)19-30-31(26(2,3)4,22-11-7-5-8-12-22)23-13-9-6-10-14-23/h5-17,20,29H,18-19,28H2,1-4H3/t20-/m0/s1. The molecule has 1 atom stereocenters. The molecule has 0 aliphatic rings. The molecule has 31 heavy (non-hydrogen) atoms. The molecule has 0 heterocycles. The van der Waals surface area contributed by atoms with Crippen molar-refractivity contribution in [3.8, 4) is 0 Å². The van der Waals surface area contributed by atoms with Crippen LogP contribution in [-0.2, 0) is 4.43 Å². The molecule has 3 aromatic carbocycles. The average molecular weight is 498 g/mol. The fraction of sp³-hybridized carbons (Fsp3) is 0.308. The van der Waals surface area contributed by atoms with Crippen molar-refractivity contribution in [3.63, 3.8) is 0 Å². The summed E-state index contributed by atoms with van der Waals surface area (Å²) >= 11 is 3.52. The Hall–Kier alpha value is -2.08. The molecule has 5 heteroatoms. The molecule has 0 unspecified atom stereocenters. The molecule has 164 valence electrons. The van der Waals surface area contributed by atoms with E-state index in [0.717, 1.165) is 22.4 Å². The number of nitrogens with one attached hydrogen (secondary N) is 1. The molecule has 0 fully saturated rings. The minimum absolute atomic E-state index is 0.0163. The van der Waals surface area contributed by atoms with E-state index in [0.29, 0.717) is 12.5 Å². The summed E-state index contributed by atoms with van der Waals surface area (Å²) in [5.41, 5.74) is 7.82. The van der Waals surface area contributed by atoms with Crippen molar-refractivity contribution in [1.29, 1.82) is 0 Å². The first kappa shape index (κ1) is 23.6. The van der Waals surface area contributed by atoms with Gasteiger partial charge in [0.2, 0.25) is 0 Å². The van der Waals surface area contributed by atoms with E-state index in [9.17, 15) is 0 Å². The van der Waals surface area contributed by atoms with Gasteiger partial charge in [0.15, 0.2) is 0 Å². The lowest BCUT2D eigenvalue weighted by Crippen LogP contribution is -2.67. The van der Waals surface area contributed by atoms with Crippen molar-refractivity contribution < 1.29 is 4.43 Å². The third-order valence-corrected chi connectivity index (χ3v) is 11.2. The van der Waals surface area contributed by atoms with Crippen LogP contribution in [0.4, 0.5) is 11.4 Å². The molecular formula is C26H33BrN2OSi. The van der Waals surface area contributed by atoms with Crippen LogP contribution in [0.3, 0.4) is 0 Å². The van der Waals surface area contributed by atoms with Gasteiger partial charge in [0.1, 0.15) is 0 Å². The zero-order valence-electron chi connectivity index (χ0n) is 18.9. The number of nitrogens with two attached hydrogens (primary N) is 1. The van der Waals surface area contributed by atoms with Gasteiger partial charge in [-0.25, -0.2) is 0 Å². The highest BCUT2D eigenvalue weighted by molar-refractivity contribution is 9.10. The first-order valence-electron chi connectivity index (χ1n) is 10.8. The van der Waals surface area contributed by atoms with E-state index >= 15 is 0 Å². The summed E-state index contributed by atoms with van der Waals surface area (Å²) in [5.74, 6) is 0.319. The summed E-state index contributed by atoms with van der Waals surface area (Å²) in [6.45, 7) is 10.6. The van der Waals surface area contributed by atoms with Gasteiger partial charge in [-0.05, 0) is 39.5 Å². The lowest BCUT2D eigenvalue weighted by Gasteiger charge is -2.43. The largest absolute Gasteiger partial charge is 0.407 e. The summed E-state index contributed by atoms with van der Waals surface area (Å²) in [7, 11) is -2.50.